The van der Waals surface area contributed by atoms with Crippen LogP contribution in [0.1, 0.15) is 17.5 Å². The Hall–Kier alpha value is -1.20. The van der Waals surface area contributed by atoms with E-state index in [1.807, 2.05) is 0 Å². The first-order valence-corrected chi connectivity index (χ1v) is 5.88. The van der Waals surface area contributed by atoms with E-state index in [0.717, 1.165) is 6.07 Å². The summed E-state index contributed by atoms with van der Waals surface area (Å²) in [6.07, 6.45) is -1.68. The maximum atomic E-state index is 12.9. The second-order valence-electron chi connectivity index (χ2n) is 4.05. The molecule has 3 N–H and O–H groups in total. The Kier molecular flexibility index (Phi) is 3.54. The molecule has 0 aliphatic heterocycles. The van der Waals surface area contributed by atoms with Gasteiger partial charge in [0.2, 0.25) is 0 Å². The maximum absolute atomic E-state index is 12.9. The number of hydrogen-bond donors (Lipinski definition) is 2. The van der Waals surface area contributed by atoms with Crippen molar-refractivity contribution in [2.75, 3.05) is 6.54 Å². The van der Waals surface area contributed by atoms with Gasteiger partial charge in [-0.1, -0.05) is 11.6 Å². The Labute approximate surface area is 107 Å². The van der Waals surface area contributed by atoms with Crippen LogP contribution in [0.5, 0.6) is 0 Å². The highest BCUT2D eigenvalue weighted by Crippen LogP contribution is 2.38. The monoisotopic (exact) mass is 276 g/mol. The van der Waals surface area contributed by atoms with Crippen molar-refractivity contribution in [3.05, 3.63) is 34.5 Å². The van der Waals surface area contributed by atoms with Crippen molar-refractivity contribution in [3.63, 3.8) is 0 Å². The lowest BCUT2D eigenvalue weighted by Gasteiger charge is -2.10. The van der Waals surface area contributed by atoms with E-state index in [1.54, 1.807) is 6.20 Å². The summed E-state index contributed by atoms with van der Waals surface area (Å²) in [5, 5.41) is 0.445. The number of rotatable bonds is 3. The molecular weight excluding hydrogens is 265 g/mol. The van der Waals surface area contributed by atoms with Gasteiger partial charge in [0.05, 0.1) is 16.1 Å². The number of aryl methyl sites for hydroxylation is 1. The lowest BCUT2D eigenvalue weighted by molar-refractivity contribution is -0.136. The van der Waals surface area contributed by atoms with Gasteiger partial charge in [-0.25, -0.2) is 0 Å². The first-order chi connectivity index (χ1) is 8.45. The van der Waals surface area contributed by atoms with Crippen LogP contribution in [0, 0.1) is 0 Å². The molecule has 0 radical (unpaired) electrons. The summed E-state index contributed by atoms with van der Waals surface area (Å²) in [5.41, 5.74) is 5.66. The summed E-state index contributed by atoms with van der Waals surface area (Å²) in [6, 6.07) is 2.28. The Morgan fingerprint density at radius 3 is 2.61 bits per heavy atom. The van der Waals surface area contributed by atoms with Crippen LogP contribution in [0.25, 0.3) is 10.9 Å². The molecule has 0 fully saturated rings. The van der Waals surface area contributed by atoms with Gasteiger partial charge in [-0.15, -0.1) is 0 Å². The summed E-state index contributed by atoms with van der Waals surface area (Å²) in [4.78, 5) is 2.81. The molecule has 6 heteroatoms. The van der Waals surface area contributed by atoms with Crippen LogP contribution in [-0.2, 0) is 12.6 Å². The normalized spacial score (nSPS) is 12.3. The smallest absolute Gasteiger partial charge is 0.360 e. The molecule has 0 atom stereocenters. The largest absolute Gasteiger partial charge is 0.417 e. The number of nitrogens with one attached hydrogen (secondary N) is 1. The first kappa shape index (κ1) is 13.2. The molecule has 0 aliphatic carbocycles. The first-order valence-electron chi connectivity index (χ1n) is 5.51. The Morgan fingerprint density at radius 1 is 1.28 bits per heavy atom. The standard InChI is InChI=1S/C12H12ClF3N2/c13-9-4-3-8(12(14,15)16)10-7(2-1-5-17)6-18-11(9)10/h3-4,6,18H,1-2,5,17H2. The average molecular weight is 277 g/mol. The zero-order valence-electron chi connectivity index (χ0n) is 9.44. The minimum atomic E-state index is -4.39. The molecule has 0 saturated heterocycles. The molecule has 2 rings (SSSR count). The number of alkyl halides is 3. The molecule has 0 bridgehead atoms. The summed E-state index contributed by atoms with van der Waals surface area (Å²) < 4.78 is 38.8. The molecular formula is C12H12ClF3N2. The molecule has 2 aromatic rings. The Balaban J connectivity index is 2.64. The SMILES string of the molecule is NCCCc1c[nH]c2c(Cl)ccc(C(F)(F)F)c12. The van der Waals surface area contributed by atoms with Gasteiger partial charge in [0.15, 0.2) is 0 Å². The molecule has 1 aromatic carbocycles. The van der Waals surface area contributed by atoms with E-state index >= 15 is 0 Å². The molecule has 0 saturated carbocycles. The average Bonchev–Trinajstić information content (AvgIpc) is 2.70. The van der Waals surface area contributed by atoms with E-state index in [9.17, 15) is 13.2 Å². The molecule has 0 unspecified atom stereocenters. The fourth-order valence-corrected chi connectivity index (χ4v) is 2.22. The van der Waals surface area contributed by atoms with E-state index in [0.29, 0.717) is 30.5 Å². The topological polar surface area (TPSA) is 41.8 Å². The second kappa shape index (κ2) is 4.82. The number of halogens is 4. The van der Waals surface area contributed by atoms with Crippen molar-refractivity contribution in [1.82, 2.24) is 4.98 Å². The minimum absolute atomic E-state index is 0.156. The van der Waals surface area contributed by atoms with Crippen LogP contribution < -0.4 is 5.73 Å². The molecule has 1 heterocycles. The molecule has 1 aromatic heterocycles. The number of benzene rings is 1. The zero-order valence-corrected chi connectivity index (χ0v) is 10.2. The predicted molar refractivity (Wildman–Crippen MR) is 65.7 cm³/mol. The number of nitrogens with two attached hydrogens (primary N) is 1. The number of aromatic nitrogens is 1. The molecule has 0 aliphatic rings. The highest BCUT2D eigenvalue weighted by atomic mass is 35.5. The lowest BCUT2D eigenvalue weighted by atomic mass is 10.0. The van der Waals surface area contributed by atoms with Gasteiger partial charge in [-0.05, 0) is 37.1 Å². The number of aromatic amines is 1. The van der Waals surface area contributed by atoms with Crippen molar-refractivity contribution >= 4 is 22.5 Å². The maximum Gasteiger partial charge on any atom is 0.417 e. The quantitative estimate of drug-likeness (QED) is 0.881. The lowest BCUT2D eigenvalue weighted by Crippen LogP contribution is -2.06. The Bertz CT molecular complexity index is 560. The van der Waals surface area contributed by atoms with Crippen LogP contribution in [0.4, 0.5) is 13.2 Å². The fraction of sp³-hybridized carbons (Fsp3) is 0.333. The third-order valence-corrected chi connectivity index (χ3v) is 3.14. The van der Waals surface area contributed by atoms with Crippen molar-refractivity contribution in [2.24, 2.45) is 5.73 Å². The van der Waals surface area contributed by atoms with E-state index in [1.165, 1.54) is 6.07 Å². The van der Waals surface area contributed by atoms with Crippen LogP contribution in [0.3, 0.4) is 0 Å². The van der Waals surface area contributed by atoms with E-state index in [2.05, 4.69) is 4.98 Å². The number of hydrogen-bond acceptors (Lipinski definition) is 1. The predicted octanol–water partition coefficient (Wildman–Crippen LogP) is 3.73. The van der Waals surface area contributed by atoms with E-state index < -0.39 is 11.7 Å². The number of fused-ring (bicyclic) bond motifs is 1. The molecule has 0 spiro atoms. The molecule has 2 nitrogen and oxygen atoms in total. The Morgan fingerprint density at radius 2 is 2.00 bits per heavy atom. The van der Waals surface area contributed by atoms with Crippen LogP contribution in [-0.4, -0.2) is 11.5 Å². The number of H-pyrrole nitrogens is 1. The van der Waals surface area contributed by atoms with Crippen molar-refractivity contribution < 1.29 is 13.2 Å². The van der Waals surface area contributed by atoms with Crippen LogP contribution >= 0.6 is 11.6 Å². The van der Waals surface area contributed by atoms with Crippen molar-refractivity contribution in [1.29, 1.82) is 0 Å². The van der Waals surface area contributed by atoms with Gasteiger partial charge in [0.25, 0.3) is 0 Å². The van der Waals surface area contributed by atoms with Gasteiger partial charge < -0.3 is 10.7 Å². The van der Waals surface area contributed by atoms with Gasteiger partial charge >= 0.3 is 6.18 Å². The third kappa shape index (κ3) is 2.33. The van der Waals surface area contributed by atoms with E-state index in [-0.39, 0.29) is 10.4 Å². The van der Waals surface area contributed by atoms with E-state index in [4.69, 9.17) is 17.3 Å². The highest BCUT2D eigenvalue weighted by Gasteiger charge is 2.34. The third-order valence-electron chi connectivity index (χ3n) is 2.82. The summed E-state index contributed by atoms with van der Waals surface area (Å²) >= 11 is 5.90. The summed E-state index contributed by atoms with van der Waals surface area (Å²) in [6.45, 7) is 0.439. The fourth-order valence-electron chi connectivity index (χ4n) is 2.01. The van der Waals surface area contributed by atoms with Gasteiger partial charge in [0.1, 0.15) is 0 Å². The summed E-state index contributed by atoms with van der Waals surface area (Å²) in [5.74, 6) is 0. The van der Waals surface area contributed by atoms with Crippen LogP contribution in [0.15, 0.2) is 18.3 Å². The minimum Gasteiger partial charge on any atom is -0.360 e. The van der Waals surface area contributed by atoms with Crippen molar-refractivity contribution in [3.8, 4) is 0 Å². The van der Waals surface area contributed by atoms with Gasteiger partial charge in [0, 0.05) is 11.6 Å². The molecule has 0 amide bonds. The van der Waals surface area contributed by atoms with Crippen molar-refractivity contribution in [2.45, 2.75) is 19.0 Å². The summed E-state index contributed by atoms with van der Waals surface area (Å²) in [7, 11) is 0. The van der Waals surface area contributed by atoms with Gasteiger partial charge in [-0.3, -0.25) is 0 Å². The van der Waals surface area contributed by atoms with Gasteiger partial charge in [-0.2, -0.15) is 13.2 Å². The second-order valence-corrected chi connectivity index (χ2v) is 4.46. The van der Waals surface area contributed by atoms with Crippen LogP contribution in [0.2, 0.25) is 5.02 Å². The zero-order chi connectivity index (χ0) is 13.3. The molecule has 98 valence electrons. The molecule has 18 heavy (non-hydrogen) atoms. The highest BCUT2D eigenvalue weighted by molar-refractivity contribution is 6.35.